The SMILES string of the molecule is Fc1cc(Br)c(NC2CCOCC2)cn1. The van der Waals surface area contributed by atoms with Crippen molar-refractivity contribution in [2.75, 3.05) is 18.5 Å². The lowest BCUT2D eigenvalue weighted by Gasteiger charge is -2.24. The lowest BCUT2D eigenvalue weighted by atomic mass is 10.1. The number of ether oxygens (including phenoxy) is 1. The molecule has 1 aromatic heterocycles. The van der Waals surface area contributed by atoms with Crippen LogP contribution >= 0.6 is 15.9 Å². The van der Waals surface area contributed by atoms with Gasteiger partial charge in [-0.05, 0) is 28.8 Å². The van der Waals surface area contributed by atoms with Gasteiger partial charge in [0.05, 0.1) is 11.9 Å². The quantitative estimate of drug-likeness (QED) is 0.842. The van der Waals surface area contributed by atoms with Crippen LogP contribution in [0.25, 0.3) is 0 Å². The minimum absolute atomic E-state index is 0.391. The van der Waals surface area contributed by atoms with Crippen molar-refractivity contribution in [2.24, 2.45) is 0 Å². The molecular weight excluding hydrogens is 263 g/mol. The minimum Gasteiger partial charge on any atom is -0.381 e. The summed E-state index contributed by atoms with van der Waals surface area (Å²) in [7, 11) is 0. The Morgan fingerprint density at radius 1 is 1.47 bits per heavy atom. The summed E-state index contributed by atoms with van der Waals surface area (Å²) < 4.78 is 18.7. The van der Waals surface area contributed by atoms with Crippen molar-refractivity contribution in [3.05, 3.63) is 22.7 Å². The fraction of sp³-hybridized carbons (Fsp3) is 0.500. The lowest BCUT2D eigenvalue weighted by molar-refractivity contribution is 0.0904. The molecule has 0 bridgehead atoms. The maximum absolute atomic E-state index is 12.7. The van der Waals surface area contributed by atoms with Gasteiger partial charge in [0.1, 0.15) is 0 Å². The molecule has 2 rings (SSSR count). The summed E-state index contributed by atoms with van der Waals surface area (Å²) in [5.74, 6) is -0.473. The molecule has 82 valence electrons. The number of halogens is 2. The smallest absolute Gasteiger partial charge is 0.214 e. The minimum atomic E-state index is -0.473. The summed E-state index contributed by atoms with van der Waals surface area (Å²) >= 11 is 3.30. The molecule has 1 saturated heterocycles. The monoisotopic (exact) mass is 274 g/mol. The predicted octanol–water partition coefficient (Wildman–Crippen LogP) is 2.57. The first kappa shape index (κ1) is 10.8. The maximum atomic E-state index is 12.7. The second-order valence-corrected chi connectivity index (χ2v) is 4.37. The van der Waals surface area contributed by atoms with Crippen LogP contribution in [-0.2, 0) is 4.74 Å². The zero-order valence-electron chi connectivity index (χ0n) is 8.17. The molecule has 1 N–H and O–H groups in total. The molecule has 0 spiro atoms. The summed E-state index contributed by atoms with van der Waals surface area (Å²) in [6, 6.07) is 1.75. The normalized spacial score (nSPS) is 17.7. The third-order valence-electron chi connectivity index (χ3n) is 2.40. The highest BCUT2D eigenvalue weighted by Gasteiger charge is 2.14. The van der Waals surface area contributed by atoms with Crippen LogP contribution in [0.2, 0.25) is 0 Å². The van der Waals surface area contributed by atoms with Gasteiger partial charge < -0.3 is 10.1 Å². The molecule has 0 unspecified atom stereocenters. The van der Waals surface area contributed by atoms with E-state index in [0.717, 1.165) is 31.7 Å². The van der Waals surface area contributed by atoms with Crippen molar-refractivity contribution in [1.82, 2.24) is 4.98 Å². The second kappa shape index (κ2) is 4.90. The van der Waals surface area contributed by atoms with Gasteiger partial charge >= 0.3 is 0 Å². The van der Waals surface area contributed by atoms with Gasteiger partial charge in [0, 0.05) is 29.8 Å². The topological polar surface area (TPSA) is 34.1 Å². The Morgan fingerprint density at radius 2 is 2.20 bits per heavy atom. The molecule has 0 saturated carbocycles. The van der Waals surface area contributed by atoms with Crippen LogP contribution in [-0.4, -0.2) is 24.2 Å². The molecule has 2 heterocycles. The average Bonchev–Trinajstić information content (AvgIpc) is 2.24. The van der Waals surface area contributed by atoms with E-state index >= 15 is 0 Å². The Hall–Kier alpha value is -0.680. The van der Waals surface area contributed by atoms with Crippen LogP contribution in [0.3, 0.4) is 0 Å². The Balaban J connectivity index is 2.03. The van der Waals surface area contributed by atoms with Crippen LogP contribution in [0.1, 0.15) is 12.8 Å². The number of rotatable bonds is 2. The van der Waals surface area contributed by atoms with E-state index in [2.05, 4.69) is 26.2 Å². The summed E-state index contributed by atoms with van der Waals surface area (Å²) in [5.41, 5.74) is 0.836. The predicted molar refractivity (Wildman–Crippen MR) is 59.4 cm³/mol. The molecule has 1 fully saturated rings. The van der Waals surface area contributed by atoms with E-state index in [9.17, 15) is 4.39 Å². The summed E-state index contributed by atoms with van der Waals surface area (Å²) in [4.78, 5) is 3.62. The average molecular weight is 275 g/mol. The lowest BCUT2D eigenvalue weighted by Crippen LogP contribution is -2.28. The zero-order valence-corrected chi connectivity index (χ0v) is 9.76. The van der Waals surface area contributed by atoms with E-state index in [1.165, 1.54) is 12.3 Å². The largest absolute Gasteiger partial charge is 0.381 e. The van der Waals surface area contributed by atoms with E-state index in [-0.39, 0.29) is 0 Å². The van der Waals surface area contributed by atoms with Crippen molar-refractivity contribution in [2.45, 2.75) is 18.9 Å². The molecule has 0 radical (unpaired) electrons. The fourth-order valence-corrected chi connectivity index (χ4v) is 1.98. The van der Waals surface area contributed by atoms with Gasteiger partial charge in [0.15, 0.2) is 0 Å². The highest BCUT2D eigenvalue weighted by molar-refractivity contribution is 9.10. The zero-order chi connectivity index (χ0) is 10.7. The van der Waals surface area contributed by atoms with Gasteiger partial charge in [-0.1, -0.05) is 0 Å². The first-order chi connectivity index (χ1) is 7.25. The summed E-state index contributed by atoms with van der Waals surface area (Å²) in [5, 5.41) is 3.32. The number of anilines is 1. The number of nitrogens with one attached hydrogen (secondary N) is 1. The molecule has 1 aliphatic heterocycles. The van der Waals surface area contributed by atoms with Gasteiger partial charge in [0.25, 0.3) is 0 Å². The highest BCUT2D eigenvalue weighted by Crippen LogP contribution is 2.24. The van der Waals surface area contributed by atoms with Crippen molar-refractivity contribution in [1.29, 1.82) is 0 Å². The van der Waals surface area contributed by atoms with Crippen molar-refractivity contribution < 1.29 is 9.13 Å². The molecule has 15 heavy (non-hydrogen) atoms. The molecule has 1 aliphatic rings. The van der Waals surface area contributed by atoms with Crippen LogP contribution in [0, 0.1) is 5.95 Å². The number of pyridine rings is 1. The molecule has 1 aromatic rings. The maximum Gasteiger partial charge on any atom is 0.214 e. The van der Waals surface area contributed by atoms with Crippen LogP contribution in [0.15, 0.2) is 16.7 Å². The Bertz CT molecular complexity index is 342. The van der Waals surface area contributed by atoms with Crippen molar-refractivity contribution in [3.63, 3.8) is 0 Å². The Kier molecular flexibility index (Phi) is 3.53. The van der Waals surface area contributed by atoms with Gasteiger partial charge in [-0.15, -0.1) is 0 Å². The third-order valence-corrected chi connectivity index (χ3v) is 3.06. The van der Waals surface area contributed by atoms with E-state index in [4.69, 9.17) is 4.74 Å². The molecule has 5 heteroatoms. The molecule has 3 nitrogen and oxygen atoms in total. The van der Waals surface area contributed by atoms with E-state index in [0.29, 0.717) is 10.5 Å². The van der Waals surface area contributed by atoms with Gasteiger partial charge in [-0.25, -0.2) is 4.98 Å². The molecule has 0 aliphatic carbocycles. The Labute approximate surface area is 96.2 Å². The number of nitrogens with zero attached hydrogens (tertiary/aromatic N) is 1. The Morgan fingerprint density at radius 3 is 2.87 bits per heavy atom. The van der Waals surface area contributed by atoms with Crippen LogP contribution in [0.4, 0.5) is 10.1 Å². The van der Waals surface area contributed by atoms with Crippen LogP contribution < -0.4 is 5.32 Å². The van der Waals surface area contributed by atoms with E-state index in [1.54, 1.807) is 0 Å². The van der Waals surface area contributed by atoms with Gasteiger partial charge in [0.2, 0.25) is 5.95 Å². The van der Waals surface area contributed by atoms with Crippen LogP contribution in [0.5, 0.6) is 0 Å². The third kappa shape index (κ3) is 2.89. The fourth-order valence-electron chi connectivity index (χ4n) is 1.58. The van der Waals surface area contributed by atoms with Gasteiger partial charge in [-0.2, -0.15) is 4.39 Å². The number of hydrogen-bond acceptors (Lipinski definition) is 3. The molecular formula is C10H12BrFN2O. The molecule has 0 atom stereocenters. The first-order valence-electron chi connectivity index (χ1n) is 4.91. The molecule has 0 aromatic carbocycles. The standard InChI is InChI=1S/C10H12BrFN2O/c11-8-5-10(12)13-6-9(8)14-7-1-3-15-4-2-7/h5-7,14H,1-4H2. The molecule has 0 amide bonds. The summed E-state index contributed by atoms with van der Waals surface area (Å²) in [6.07, 6.45) is 3.46. The number of aromatic nitrogens is 1. The summed E-state index contributed by atoms with van der Waals surface area (Å²) in [6.45, 7) is 1.56. The number of hydrogen-bond donors (Lipinski definition) is 1. The van der Waals surface area contributed by atoms with Crippen molar-refractivity contribution in [3.8, 4) is 0 Å². The van der Waals surface area contributed by atoms with Crippen molar-refractivity contribution >= 4 is 21.6 Å². The van der Waals surface area contributed by atoms with E-state index < -0.39 is 5.95 Å². The van der Waals surface area contributed by atoms with Gasteiger partial charge in [-0.3, -0.25) is 0 Å². The second-order valence-electron chi connectivity index (χ2n) is 3.52. The van der Waals surface area contributed by atoms with E-state index in [1.807, 2.05) is 0 Å². The first-order valence-corrected chi connectivity index (χ1v) is 5.70. The highest BCUT2D eigenvalue weighted by atomic mass is 79.9.